The SMILES string of the molecule is CC(OC(=O)CCNC(=O)c1n[nH]c2ccccc12)C(=O)NCc1ccccc1Cl. The Hall–Kier alpha value is -3.39. The molecule has 1 unspecified atom stereocenters. The standard InChI is InChI=1S/C21H21ClN4O4/c1-13(20(28)24-12-14-6-2-4-8-16(14)22)30-18(27)10-11-23-21(29)19-15-7-3-5-9-17(15)25-26-19/h2-9,13H,10-12H2,1H3,(H,23,29)(H,24,28)(H,25,26). The Morgan fingerprint density at radius 3 is 2.63 bits per heavy atom. The molecule has 2 aromatic carbocycles. The molecule has 0 aliphatic rings. The molecule has 0 spiro atoms. The quantitative estimate of drug-likeness (QED) is 0.477. The molecular formula is C21H21ClN4O4. The summed E-state index contributed by atoms with van der Waals surface area (Å²) < 4.78 is 5.12. The minimum Gasteiger partial charge on any atom is -0.452 e. The van der Waals surface area contributed by atoms with Crippen LogP contribution in [0.3, 0.4) is 0 Å². The maximum Gasteiger partial charge on any atom is 0.308 e. The second-order valence-corrected chi connectivity index (χ2v) is 6.97. The van der Waals surface area contributed by atoms with Gasteiger partial charge in [0.25, 0.3) is 11.8 Å². The van der Waals surface area contributed by atoms with Crippen LogP contribution in [0.25, 0.3) is 10.9 Å². The summed E-state index contributed by atoms with van der Waals surface area (Å²) in [5, 5.41) is 13.3. The molecule has 0 fully saturated rings. The van der Waals surface area contributed by atoms with Crippen molar-refractivity contribution >= 4 is 40.3 Å². The fraction of sp³-hybridized carbons (Fsp3) is 0.238. The predicted octanol–water partition coefficient (Wildman–Crippen LogP) is 2.58. The van der Waals surface area contributed by atoms with E-state index < -0.39 is 23.9 Å². The number of amides is 2. The van der Waals surface area contributed by atoms with E-state index in [1.165, 1.54) is 6.92 Å². The van der Waals surface area contributed by atoms with Crippen LogP contribution in [0.15, 0.2) is 48.5 Å². The highest BCUT2D eigenvalue weighted by atomic mass is 35.5. The van der Waals surface area contributed by atoms with E-state index >= 15 is 0 Å². The molecule has 30 heavy (non-hydrogen) atoms. The van der Waals surface area contributed by atoms with E-state index in [4.69, 9.17) is 16.3 Å². The number of esters is 1. The minimum atomic E-state index is -0.967. The van der Waals surface area contributed by atoms with Crippen molar-refractivity contribution < 1.29 is 19.1 Å². The van der Waals surface area contributed by atoms with E-state index in [-0.39, 0.29) is 25.2 Å². The third-order valence-corrected chi connectivity index (χ3v) is 4.76. The van der Waals surface area contributed by atoms with Gasteiger partial charge in [0.15, 0.2) is 11.8 Å². The number of halogens is 1. The third-order valence-electron chi connectivity index (χ3n) is 4.39. The van der Waals surface area contributed by atoms with Crippen molar-refractivity contribution in [3.8, 4) is 0 Å². The monoisotopic (exact) mass is 428 g/mol. The number of ether oxygens (including phenoxy) is 1. The minimum absolute atomic E-state index is 0.0623. The van der Waals surface area contributed by atoms with Crippen molar-refractivity contribution in [1.29, 1.82) is 0 Å². The number of benzene rings is 2. The molecule has 156 valence electrons. The van der Waals surface area contributed by atoms with Gasteiger partial charge >= 0.3 is 5.97 Å². The van der Waals surface area contributed by atoms with Crippen molar-refractivity contribution in [1.82, 2.24) is 20.8 Å². The summed E-state index contributed by atoms with van der Waals surface area (Å²) in [7, 11) is 0. The Morgan fingerprint density at radius 1 is 1.10 bits per heavy atom. The number of aromatic nitrogens is 2. The zero-order chi connectivity index (χ0) is 21.5. The predicted molar refractivity (Wildman–Crippen MR) is 112 cm³/mol. The molecule has 3 rings (SSSR count). The maximum absolute atomic E-state index is 12.3. The molecule has 1 aromatic heterocycles. The summed E-state index contributed by atoms with van der Waals surface area (Å²) in [6, 6.07) is 14.4. The highest BCUT2D eigenvalue weighted by molar-refractivity contribution is 6.31. The van der Waals surface area contributed by atoms with Gasteiger partial charge in [0.05, 0.1) is 11.9 Å². The van der Waals surface area contributed by atoms with E-state index in [0.717, 1.165) is 11.1 Å². The van der Waals surface area contributed by atoms with Gasteiger partial charge < -0.3 is 15.4 Å². The molecular weight excluding hydrogens is 408 g/mol. The van der Waals surface area contributed by atoms with Crippen LogP contribution in [0.4, 0.5) is 0 Å². The van der Waals surface area contributed by atoms with Gasteiger partial charge in [0.2, 0.25) is 0 Å². The van der Waals surface area contributed by atoms with Gasteiger partial charge in [-0.3, -0.25) is 19.5 Å². The van der Waals surface area contributed by atoms with Crippen LogP contribution in [0.1, 0.15) is 29.4 Å². The number of carbonyl (C=O) groups excluding carboxylic acids is 3. The summed E-state index contributed by atoms with van der Waals surface area (Å²) >= 11 is 6.05. The number of nitrogens with one attached hydrogen (secondary N) is 3. The first-order valence-corrected chi connectivity index (χ1v) is 9.75. The molecule has 8 nitrogen and oxygen atoms in total. The number of fused-ring (bicyclic) bond motifs is 1. The fourth-order valence-electron chi connectivity index (χ4n) is 2.78. The second-order valence-electron chi connectivity index (χ2n) is 6.57. The van der Waals surface area contributed by atoms with Gasteiger partial charge in [-0.1, -0.05) is 48.0 Å². The lowest BCUT2D eigenvalue weighted by Gasteiger charge is -2.14. The molecule has 0 aliphatic carbocycles. The highest BCUT2D eigenvalue weighted by Crippen LogP contribution is 2.15. The average Bonchev–Trinajstić information content (AvgIpc) is 3.17. The van der Waals surface area contributed by atoms with E-state index in [1.807, 2.05) is 24.3 Å². The molecule has 9 heteroatoms. The average molecular weight is 429 g/mol. The zero-order valence-corrected chi connectivity index (χ0v) is 17.0. The van der Waals surface area contributed by atoms with E-state index in [0.29, 0.717) is 10.4 Å². The molecule has 3 aromatic rings. The molecule has 1 heterocycles. The number of hydrogen-bond acceptors (Lipinski definition) is 5. The Balaban J connectivity index is 1.41. The first-order valence-electron chi connectivity index (χ1n) is 9.37. The van der Waals surface area contributed by atoms with Gasteiger partial charge in [-0.25, -0.2) is 0 Å². The fourth-order valence-corrected chi connectivity index (χ4v) is 2.98. The van der Waals surface area contributed by atoms with Crippen LogP contribution in [-0.2, 0) is 20.9 Å². The topological polar surface area (TPSA) is 113 Å². The Bertz CT molecular complexity index is 1070. The molecule has 0 bridgehead atoms. The lowest BCUT2D eigenvalue weighted by atomic mass is 10.2. The smallest absolute Gasteiger partial charge is 0.308 e. The van der Waals surface area contributed by atoms with Gasteiger partial charge in [-0.05, 0) is 24.6 Å². The van der Waals surface area contributed by atoms with Gasteiger partial charge in [-0.15, -0.1) is 0 Å². The summed E-state index contributed by atoms with van der Waals surface area (Å²) in [5.74, 6) is -1.43. The van der Waals surface area contributed by atoms with Crippen molar-refractivity contribution in [2.45, 2.75) is 26.0 Å². The van der Waals surface area contributed by atoms with Gasteiger partial charge in [-0.2, -0.15) is 5.10 Å². The molecule has 2 amide bonds. The number of aromatic amines is 1. The van der Waals surface area contributed by atoms with E-state index in [2.05, 4.69) is 20.8 Å². The van der Waals surface area contributed by atoms with Crippen LogP contribution in [0, 0.1) is 0 Å². The van der Waals surface area contributed by atoms with Crippen molar-refractivity contribution in [2.75, 3.05) is 6.54 Å². The lowest BCUT2D eigenvalue weighted by molar-refractivity contribution is -0.154. The molecule has 3 N–H and O–H groups in total. The molecule has 0 saturated heterocycles. The summed E-state index contributed by atoms with van der Waals surface area (Å²) in [6.07, 6.45) is -1.04. The van der Waals surface area contributed by atoms with Crippen molar-refractivity contribution in [3.05, 3.63) is 64.8 Å². The first-order chi connectivity index (χ1) is 14.5. The summed E-state index contributed by atoms with van der Waals surface area (Å²) in [4.78, 5) is 36.3. The maximum atomic E-state index is 12.3. The number of nitrogens with zero attached hydrogens (tertiary/aromatic N) is 1. The summed E-state index contributed by atoms with van der Waals surface area (Å²) in [5.41, 5.74) is 1.77. The van der Waals surface area contributed by atoms with Crippen LogP contribution in [0.5, 0.6) is 0 Å². The Kier molecular flexibility index (Phi) is 7.03. The summed E-state index contributed by atoms with van der Waals surface area (Å²) in [6.45, 7) is 1.77. The van der Waals surface area contributed by atoms with Crippen LogP contribution < -0.4 is 10.6 Å². The molecule has 0 saturated carbocycles. The first kappa shape index (κ1) is 21.3. The van der Waals surface area contributed by atoms with E-state index in [1.54, 1.807) is 24.3 Å². The Morgan fingerprint density at radius 2 is 1.83 bits per heavy atom. The van der Waals surface area contributed by atoms with Crippen LogP contribution in [-0.4, -0.2) is 40.6 Å². The number of carbonyl (C=O) groups is 3. The molecule has 0 radical (unpaired) electrons. The number of hydrogen-bond donors (Lipinski definition) is 3. The van der Waals surface area contributed by atoms with E-state index in [9.17, 15) is 14.4 Å². The zero-order valence-electron chi connectivity index (χ0n) is 16.3. The van der Waals surface area contributed by atoms with Gasteiger partial charge in [0.1, 0.15) is 0 Å². The highest BCUT2D eigenvalue weighted by Gasteiger charge is 2.18. The molecule has 1 atom stereocenters. The van der Waals surface area contributed by atoms with Crippen LogP contribution >= 0.6 is 11.6 Å². The largest absolute Gasteiger partial charge is 0.452 e. The van der Waals surface area contributed by atoms with Crippen molar-refractivity contribution in [3.63, 3.8) is 0 Å². The van der Waals surface area contributed by atoms with Crippen molar-refractivity contribution in [2.24, 2.45) is 0 Å². The third kappa shape index (κ3) is 5.36. The Labute approximate surface area is 177 Å². The number of rotatable bonds is 8. The number of para-hydroxylation sites is 1. The number of H-pyrrole nitrogens is 1. The molecule has 0 aliphatic heterocycles. The normalized spacial score (nSPS) is 11.7. The van der Waals surface area contributed by atoms with Crippen LogP contribution in [0.2, 0.25) is 5.02 Å². The van der Waals surface area contributed by atoms with Gasteiger partial charge in [0, 0.05) is 23.5 Å². The lowest BCUT2D eigenvalue weighted by Crippen LogP contribution is -2.36. The second kappa shape index (κ2) is 9.89.